The van der Waals surface area contributed by atoms with Gasteiger partial charge in [-0.3, -0.25) is 9.48 Å². The second-order valence-electron chi connectivity index (χ2n) is 4.25. The Balaban J connectivity index is 2.13. The van der Waals surface area contributed by atoms with Crippen LogP contribution in [0.25, 0.3) is 0 Å². The average Bonchev–Trinajstić information content (AvgIpc) is 2.87. The van der Waals surface area contributed by atoms with Gasteiger partial charge in [-0.1, -0.05) is 12.1 Å². The number of nitrogens with one attached hydrogen (secondary N) is 1. The summed E-state index contributed by atoms with van der Waals surface area (Å²) in [6.07, 6.45) is 1.76. The number of carbonyl (C=O) groups excluding carboxylic acids is 1. The molecule has 1 heterocycles. The summed E-state index contributed by atoms with van der Waals surface area (Å²) in [5.41, 5.74) is 1.72. The molecule has 2 aromatic rings. The monoisotopic (exact) mass is 369 g/mol. The van der Waals surface area contributed by atoms with Crippen molar-refractivity contribution in [2.75, 3.05) is 0 Å². The van der Waals surface area contributed by atoms with Crippen LogP contribution in [-0.2, 0) is 6.54 Å². The Morgan fingerprint density at radius 3 is 2.84 bits per heavy atom. The first-order chi connectivity index (χ1) is 9.13. The van der Waals surface area contributed by atoms with Gasteiger partial charge >= 0.3 is 0 Å². The van der Waals surface area contributed by atoms with Crippen LogP contribution in [0.4, 0.5) is 0 Å². The third-order valence-electron chi connectivity index (χ3n) is 2.96. The molecule has 4 nitrogen and oxygen atoms in total. The minimum absolute atomic E-state index is 0.0543. The summed E-state index contributed by atoms with van der Waals surface area (Å²) in [5, 5.41) is 7.23. The number of aromatic nitrogens is 2. The number of rotatable bonds is 4. The van der Waals surface area contributed by atoms with E-state index in [0.717, 1.165) is 15.8 Å². The van der Waals surface area contributed by atoms with Crippen molar-refractivity contribution < 1.29 is 4.79 Å². The summed E-state index contributed by atoms with van der Waals surface area (Å²) in [6.45, 7) is 4.80. The summed E-state index contributed by atoms with van der Waals surface area (Å²) in [6, 6.07) is 9.43. The molecule has 1 aromatic heterocycles. The second-order valence-corrected chi connectivity index (χ2v) is 5.41. The Morgan fingerprint density at radius 1 is 1.42 bits per heavy atom. The highest BCUT2D eigenvalue weighted by Crippen LogP contribution is 2.15. The van der Waals surface area contributed by atoms with E-state index in [9.17, 15) is 4.79 Å². The van der Waals surface area contributed by atoms with Gasteiger partial charge in [-0.05, 0) is 54.6 Å². The first-order valence-corrected chi connectivity index (χ1v) is 7.28. The number of hydrogen-bond donors (Lipinski definition) is 1. The second kappa shape index (κ2) is 6.18. The fourth-order valence-corrected chi connectivity index (χ4v) is 2.60. The predicted octanol–water partition coefficient (Wildman–Crippen LogP) is 3.00. The molecule has 1 N–H and O–H groups in total. The van der Waals surface area contributed by atoms with Crippen LogP contribution in [0.15, 0.2) is 36.5 Å². The van der Waals surface area contributed by atoms with Crippen LogP contribution in [0.3, 0.4) is 0 Å². The minimum Gasteiger partial charge on any atom is -0.344 e. The Labute approximate surface area is 126 Å². The summed E-state index contributed by atoms with van der Waals surface area (Å²) in [5.74, 6) is -0.0543. The first-order valence-electron chi connectivity index (χ1n) is 6.20. The Kier molecular flexibility index (Phi) is 4.57. The number of amides is 1. The number of carbonyl (C=O) groups is 1. The molecule has 0 aliphatic rings. The van der Waals surface area contributed by atoms with E-state index >= 15 is 0 Å². The molecular formula is C14H16IN3O. The maximum Gasteiger partial charge on any atom is 0.252 e. The van der Waals surface area contributed by atoms with Crippen LogP contribution in [-0.4, -0.2) is 15.7 Å². The van der Waals surface area contributed by atoms with Gasteiger partial charge < -0.3 is 5.32 Å². The average molecular weight is 369 g/mol. The number of halogens is 1. The Morgan fingerprint density at radius 2 is 2.16 bits per heavy atom. The molecule has 1 aromatic carbocycles. The quantitative estimate of drug-likeness (QED) is 0.843. The van der Waals surface area contributed by atoms with Crippen LogP contribution in [0.2, 0.25) is 0 Å². The van der Waals surface area contributed by atoms with Crippen LogP contribution in [0.1, 0.15) is 35.9 Å². The van der Waals surface area contributed by atoms with Crippen LogP contribution < -0.4 is 5.32 Å². The van der Waals surface area contributed by atoms with Crippen LogP contribution in [0.5, 0.6) is 0 Å². The molecule has 0 saturated heterocycles. The van der Waals surface area contributed by atoms with Crippen molar-refractivity contribution in [2.45, 2.75) is 26.4 Å². The molecule has 0 saturated carbocycles. The van der Waals surface area contributed by atoms with Crippen molar-refractivity contribution in [3.63, 3.8) is 0 Å². The van der Waals surface area contributed by atoms with Crippen molar-refractivity contribution >= 4 is 28.5 Å². The molecule has 0 bridgehead atoms. The lowest BCUT2D eigenvalue weighted by Crippen LogP contribution is -2.28. The number of hydrogen-bond acceptors (Lipinski definition) is 2. The standard InChI is InChI=1S/C14H16IN3O/c1-3-18-13(8-9-16-18)10(2)17-14(19)11-6-4-5-7-12(11)15/h4-10H,3H2,1-2H3,(H,17,19). The smallest absolute Gasteiger partial charge is 0.252 e. The normalized spacial score (nSPS) is 12.2. The van der Waals surface area contributed by atoms with E-state index in [2.05, 4.69) is 33.0 Å². The van der Waals surface area contributed by atoms with Gasteiger partial charge in [-0.2, -0.15) is 5.10 Å². The zero-order valence-corrected chi connectivity index (χ0v) is 13.1. The fourth-order valence-electron chi connectivity index (χ4n) is 1.97. The molecule has 19 heavy (non-hydrogen) atoms. The number of benzene rings is 1. The highest BCUT2D eigenvalue weighted by molar-refractivity contribution is 14.1. The van der Waals surface area contributed by atoms with Crippen LogP contribution in [0, 0.1) is 3.57 Å². The number of nitrogens with zero attached hydrogens (tertiary/aromatic N) is 2. The molecule has 100 valence electrons. The Hall–Kier alpha value is -1.37. The van der Waals surface area contributed by atoms with E-state index in [1.165, 1.54) is 0 Å². The molecule has 1 unspecified atom stereocenters. The molecule has 1 atom stereocenters. The first kappa shape index (κ1) is 14.0. The molecule has 1 amide bonds. The topological polar surface area (TPSA) is 46.9 Å². The highest BCUT2D eigenvalue weighted by atomic mass is 127. The molecule has 0 spiro atoms. The zero-order valence-electron chi connectivity index (χ0n) is 10.9. The van der Waals surface area contributed by atoms with Gasteiger partial charge in [0, 0.05) is 16.3 Å². The molecular weight excluding hydrogens is 353 g/mol. The van der Waals surface area contributed by atoms with Gasteiger partial charge in [0.25, 0.3) is 5.91 Å². The van der Waals surface area contributed by atoms with Gasteiger partial charge in [0.2, 0.25) is 0 Å². The number of aryl methyl sites for hydroxylation is 1. The zero-order chi connectivity index (χ0) is 13.8. The lowest BCUT2D eigenvalue weighted by atomic mass is 10.2. The maximum atomic E-state index is 12.2. The summed E-state index contributed by atoms with van der Waals surface area (Å²) in [7, 11) is 0. The molecule has 2 rings (SSSR count). The molecule has 0 fully saturated rings. The molecule has 0 aliphatic heterocycles. The van der Waals surface area contributed by atoms with Crippen LogP contribution >= 0.6 is 22.6 Å². The molecule has 0 aliphatic carbocycles. The van der Waals surface area contributed by atoms with Crippen molar-refractivity contribution in [1.29, 1.82) is 0 Å². The van der Waals surface area contributed by atoms with Crippen molar-refractivity contribution in [2.24, 2.45) is 0 Å². The predicted molar refractivity (Wildman–Crippen MR) is 82.9 cm³/mol. The SMILES string of the molecule is CCn1nccc1C(C)NC(=O)c1ccccc1I. The summed E-state index contributed by atoms with van der Waals surface area (Å²) < 4.78 is 2.84. The van der Waals surface area contributed by atoms with Gasteiger partial charge in [-0.25, -0.2) is 0 Å². The van der Waals surface area contributed by atoms with Gasteiger partial charge in [0.1, 0.15) is 0 Å². The molecule has 0 radical (unpaired) electrons. The van der Waals surface area contributed by atoms with E-state index in [1.54, 1.807) is 6.20 Å². The van der Waals surface area contributed by atoms with E-state index in [1.807, 2.05) is 48.9 Å². The fraction of sp³-hybridized carbons (Fsp3) is 0.286. The summed E-state index contributed by atoms with van der Waals surface area (Å²) in [4.78, 5) is 12.2. The lowest BCUT2D eigenvalue weighted by molar-refractivity contribution is 0.0937. The van der Waals surface area contributed by atoms with Gasteiger partial charge in [0.15, 0.2) is 0 Å². The van der Waals surface area contributed by atoms with E-state index < -0.39 is 0 Å². The lowest BCUT2D eigenvalue weighted by Gasteiger charge is -2.15. The van der Waals surface area contributed by atoms with Gasteiger partial charge in [0.05, 0.1) is 17.3 Å². The van der Waals surface area contributed by atoms with E-state index in [0.29, 0.717) is 5.56 Å². The van der Waals surface area contributed by atoms with Crippen molar-refractivity contribution in [3.05, 3.63) is 51.4 Å². The summed E-state index contributed by atoms with van der Waals surface area (Å²) >= 11 is 2.17. The third kappa shape index (κ3) is 3.15. The molecule has 5 heteroatoms. The minimum atomic E-state index is -0.0639. The maximum absolute atomic E-state index is 12.2. The van der Waals surface area contributed by atoms with E-state index in [-0.39, 0.29) is 11.9 Å². The van der Waals surface area contributed by atoms with Gasteiger partial charge in [-0.15, -0.1) is 0 Å². The van der Waals surface area contributed by atoms with E-state index in [4.69, 9.17) is 0 Å². The highest BCUT2D eigenvalue weighted by Gasteiger charge is 2.15. The van der Waals surface area contributed by atoms with Crippen molar-refractivity contribution in [1.82, 2.24) is 15.1 Å². The third-order valence-corrected chi connectivity index (χ3v) is 3.90. The largest absolute Gasteiger partial charge is 0.344 e. The van der Waals surface area contributed by atoms with Crippen molar-refractivity contribution in [3.8, 4) is 0 Å². The Bertz CT molecular complexity index is 580.